The van der Waals surface area contributed by atoms with Crippen LogP contribution in [0.3, 0.4) is 0 Å². The van der Waals surface area contributed by atoms with Crippen LogP contribution in [-0.2, 0) is 11.3 Å². The van der Waals surface area contributed by atoms with Crippen LogP contribution in [0.15, 0.2) is 17.2 Å². The third-order valence-electron chi connectivity index (χ3n) is 2.92. The molecule has 1 atom stereocenters. The maximum atomic E-state index is 11.6. The van der Waals surface area contributed by atoms with Crippen LogP contribution < -0.4 is 5.56 Å². The monoisotopic (exact) mass is 257 g/mol. The first-order valence-electron chi connectivity index (χ1n) is 5.75. The molecule has 1 saturated heterocycles. The molecule has 2 heterocycles. The summed E-state index contributed by atoms with van der Waals surface area (Å²) >= 11 is 5.64. The zero-order chi connectivity index (χ0) is 12.3. The van der Waals surface area contributed by atoms with Gasteiger partial charge in [0.1, 0.15) is 5.15 Å². The molecule has 1 aromatic heterocycles. The van der Waals surface area contributed by atoms with Crippen molar-refractivity contribution in [3.05, 3.63) is 27.9 Å². The zero-order valence-corrected chi connectivity index (χ0v) is 10.6. The molecule has 0 amide bonds. The Kier molecular flexibility index (Phi) is 4.15. The summed E-state index contributed by atoms with van der Waals surface area (Å²) < 4.78 is 7.17. The lowest BCUT2D eigenvalue weighted by Crippen LogP contribution is -2.45. The van der Waals surface area contributed by atoms with Crippen LogP contribution in [0.4, 0.5) is 0 Å². The van der Waals surface area contributed by atoms with Gasteiger partial charge in [0.05, 0.1) is 25.6 Å². The maximum absolute atomic E-state index is 11.6. The van der Waals surface area contributed by atoms with Crippen LogP contribution in [0.1, 0.15) is 6.92 Å². The molecule has 0 radical (unpaired) electrons. The van der Waals surface area contributed by atoms with Gasteiger partial charge >= 0.3 is 0 Å². The van der Waals surface area contributed by atoms with E-state index >= 15 is 0 Å². The van der Waals surface area contributed by atoms with E-state index in [2.05, 4.69) is 16.8 Å². The number of nitrogens with zero attached hydrogens (tertiary/aromatic N) is 3. The van der Waals surface area contributed by atoms with Crippen LogP contribution in [0.5, 0.6) is 0 Å². The molecule has 5 nitrogen and oxygen atoms in total. The molecular weight excluding hydrogens is 242 g/mol. The average molecular weight is 258 g/mol. The molecule has 1 aliphatic heterocycles. The summed E-state index contributed by atoms with van der Waals surface area (Å²) in [7, 11) is 0. The van der Waals surface area contributed by atoms with Crippen LogP contribution >= 0.6 is 11.6 Å². The number of hydrogen-bond donors (Lipinski definition) is 0. The summed E-state index contributed by atoms with van der Waals surface area (Å²) in [5.74, 6) is 0. The second-order valence-corrected chi connectivity index (χ2v) is 4.48. The summed E-state index contributed by atoms with van der Waals surface area (Å²) in [5.41, 5.74) is -0.137. The van der Waals surface area contributed by atoms with Gasteiger partial charge in [-0.1, -0.05) is 18.5 Å². The lowest BCUT2D eigenvalue weighted by molar-refractivity contribution is -0.0348. The molecule has 94 valence electrons. The largest absolute Gasteiger partial charge is 0.374 e. The Morgan fingerprint density at radius 2 is 2.47 bits per heavy atom. The molecule has 0 N–H and O–H groups in total. The van der Waals surface area contributed by atoms with Gasteiger partial charge in [-0.15, -0.1) is 0 Å². The Balaban J connectivity index is 2.02. The molecule has 0 aliphatic carbocycles. The SMILES string of the molecule is CCN1CCOC(Cn2cnc(Cl)cc2=O)C1. The summed E-state index contributed by atoms with van der Waals surface area (Å²) in [5, 5.41) is 0.228. The number of likely N-dealkylation sites (N-methyl/N-ethyl adjacent to an activating group) is 1. The first kappa shape index (κ1) is 12.5. The van der Waals surface area contributed by atoms with E-state index in [-0.39, 0.29) is 16.8 Å². The van der Waals surface area contributed by atoms with Crippen LogP contribution in [0, 0.1) is 0 Å². The summed E-state index contributed by atoms with van der Waals surface area (Å²) in [4.78, 5) is 17.8. The van der Waals surface area contributed by atoms with Crippen molar-refractivity contribution in [2.75, 3.05) is 26.2 Å². The van der Waals surface area contributed by atoms with E-state index in [9.17, 15) is 4.79 Å². The highest BCUT2D eigenvalue weighted by Crippen LogP contribution is 2.06. The van der Waals surface area contributed by atoms with Crippen molar-refractivity contribution in [3.63, 3.8) is 0 Å². The molecule has 1 unspecified atom stereocenters. The molecule has 1 fully saturated rings. The summed E-state index contributed by atoms with van der Waals surface area (Å²) in [6.07, 6.45) is 1.52. The molecule has 1 aromatic rings. The second-order valence-electron chi connectivity index (χ2n) is 4.09. The number of halogens is 1. The molecule has 0 spiro atoms. The molecule has 6 heteroatoms. The van der Waals surface area contributed by atoms with E-state index in [1.165, 1.54) is 17.0 Å². The van der Waals surface area contributed by atoms with Crippen molar-refractivity contribution in [2.24, 2.45) is 0 Å². The quantitative estimate of drug-likeness (QED) is 0.745. The van der Waals surface area contributed by atoms with E-state index < -0.39 is 0 Å². The topological polar surface area (TPSA) is 47.4 Å². The Morgan fingerprint density at radius 1 is 1.65 bits per heavy atom. The molecule has 1 aliphatic rings. The van der Waals surface area contributed by atoms with E-state index in [0.717, 1.165) is 19.6 Å². The van der Waals surface area contributed by atoms with Crippen LogP contribution in [0.25, 0.3) is 0 Å². The minimum atomic E-state index is -0.137. The summed E-state index contributed by atoms with van der Waals surface area (Å²) in [6, 6.07) is 1.32. The highest BCUT2D eigenvalue weighted by Gasteiger charge is 2.19. The number of hydrogen-bond acceptors (Lipinski definition) is 4. The normalized spacial score (nSPS) is 21.6. The Hall–Kier alpha value is -0.910. The zero-order valence-electron chi connectivity index (χ0n) is 9.80. The molecular formula is C11H16ClN3O2. The third-order valence-corrected chi connectivity index (χ3v) is 3.12. The predicted octanol–water partition coefficient (Wildman–Crippen LogP) is 0.617. The fourth-order valence-electron chi connectivity index (χ4n) is 1.94. The van der Waals surface area contributed by atoms with Gasteiger partial charge in [-0.25, -0.2) is 4.98 Å². The lowest BCUT2D eigenvalue weighted by atomic mass is 10.2. The van der Waals surface area contributed by atoms with Crippen molar-refractivity contribution in [1.82, 2.24) is 14.5 Å². The predicted molar refractivity (Wildman–Crippen MR) is 65.4 cm³/mol. The first-order chi connectivity index (χ1) is 8.19. The molecule has 0 aromatic carbocycles. The van der Waals surface area contributed by atoms with Crippen molar-refractivity contribution >= 4 is 11.6 Å². The van der Waals surface area contributed by atoms with Crippen molar-refractivity contribution in [2.45, 2.75) is 19.6 Å². The van der Waals surface area contributed by atoms with E-state index in [1.807, 2.05) is 0 Å². The highest BCUT2D eigenvalue weighted by atomic mass is 35.5. The fraction of sp³-hybridized carbons (Fsp3) is 0.636. The highest BCUT2D eigenvalue weighted by molar-refractivity contribution is 6.29. The Bertz CT molecular complexity index is 435. The Morgan fingerprint density at radius 3 is 3.18 bits per heavy atom. The van der Waals surface area contributed by atoms with Crippen molar-refractivity contribution < 1.29 is 4.74 Å². The minimum Gasteiger partial charge on any atom is -0.374 e. The van der Waals surface area contributed by atoms with Gasteiger partial charge in [0.15, 0.2) is 0 Å². The first-order valence-corrected chi connectivity index (χ1v) is 6.12. The standard InChI is InChI=1S/C11H16ClN3O2/c1-2-14-3-4-17-9(6-14)7-15-8-13-10(12)5-11(15)16/h5,8-9H,2-4,6-7H2,1H3. The van der Waals surface area contributed by atoms with Crippen LogP contribution in [0.2, 0.25) is 5.15 Å². The molecule has 0 saturated carbocycles. The van der Waals surface area contributed by atoms with E-state index in [4.69, 9.17) is 16.3 Å². The number of rotatable bonds is 3. The number of ether oxygens (including phenoxy) is 1. The molecule has 0 bridgehead atoms. The van der Waals surface area contributed by atoms with Crippen molar-refractivity contribution in [1.29, 1.82) is 0 Å². The van der Waals surface area contributed by atoms with Gasteiger partial charge in [0.25, 0.3) is 5.56 Å². The van der Waals surface area contributed by atoms with Gasteiger partial charge in [-0.3, -0.25) is 14.3 Å². The number of aromatic nitrogens is 2. The van der Waals surface area contributed by atoms with Gasteiger partial charge in [0, 0.05) is 19.2 Å². The minimum absolute atomic E-state index is 0.0457. The molecule has 17 heavy (non-hydrogen) atoms. The van der Waals surface area contributed by atoms with Crippen LogP contribution in [-0.4, -0.2) is 46.8 Å². The van der Waals surface area contributed by atoms with Gasteiger partial charge < -0.3 is 4.74 Å². The average Bonchev–Trinajstić information content (AvgIpc) is 2.33. The second kappa shape index (κ2) is 5.62. The Labute approximate surface area is 105 Å². The third kappa shape index (κ3) is 3.28. The smallest absolute Gasteiger partial charge is 0.254 e. The number of morpholine rings is 1. The van der Waals surface area contributed by atoms with E-state index in [0.29, 0.717) is 13.2 Å². The van der Waals surface area contributed by atoms with Gasteiger partial charge in [-0.2, -0.15) is 0 Å². The van der Waals surface area contributed by atoms with Gasteiger partial charge in [0.2, 0.25) is 0 Å². The van der Waals surface area contributed by atoms with Crippen molar-refractivity contribution in [3.8, 4) is 0 Å². The maximum Gasteiger partial charge on any atom is 0.254 e. The van der Waals surface area contributed by atoms with E-state index in [1.54, 1.807) is 0 Å². The lowest BCUT2D eigenvalue weighted by Gasteiger charge is -2.32. The summed E-state index contributed by atoms with van der Waals surface area (Å²) in [6.45, 7) is 6.19. The fourth-order valence-corrected chi connectivity index (χ4v) is 2.08. The molecule has 2 rings (SSSR count). The van der Waals surface area contributed by atoms with Gasteiger partial charge in [-0.05, 0) is 6.54 Å².